The minimum atomic E-state index is -3.80. The topological polar surface area (TPSA) is 114 Å². The van der Waals surface area contributed by atoms with Gasteiger partial charge < -0.3 is 19.7 Å². The molecule has 1 aromatic carbocycles. The predicted molar refractivity (Wildman–Crippen MR) is 124 cm³/mol. The average Bonchev–Trinajstić information content (AvgIpc) is 3.04. The molecule has 2 aliphatic rings. The Labute approximate surface area is 196 Å². The first kappa shape index (κ1) is 25.3. The first-order valence-corrected chi connectivity index (χ1v) is 13.3. The largest absolute Gasteiger partial charge is 0.490 e. The van der Waals surface area contributed by atoms with E-state index in [1.165, 1.54) is 12.1 Å². The van der Waals surface area contributed by atoms with Crippen LogP contribution in [0.3, 0.4) is 0 Å². The third-order valence-electron chi connectivity index (χ3n) is 6.06. The Morgan fingerprint density at radius 3 is 2.64 bits per heavy atom. The summed E-state index contributed by atoms with van der Waals surface area (Å²) in [4.78, 5) is 27.0. The highest BCUT2D eigenvalue weighted by atomic mass is 32.2. The Kier molecular flexibility index (Phi) is 8.96. The van der Waals surface area contributed by atoms with Gasteiger partial charge in [0.1, 0.15) is 0 Å². The summed E-state index contributed by atoms with van der Waals surface area (Å²) in [6, 6.07) is 4.52. The van der Waals surface area contributed by atoms with E-state index in [9.17, 15) is 18.0 Å². The Balaban J connectivity index is 1.53. The maximum atomic E-state index is 12.8. The van der Waals surface area contributed by atoms with E-state index in [1.807, 2.05) is 6.92 Å². The van der Waals surface area contributed by atoms with E-state index >= 15 is 0 Å². The molecule has 184 valence electrons. The molecular weight excluding hydrogens is 446 g/mol. The lowest BCUT2D eigenvalue weighted by Gasteiger charge is -2.37. The highest BCUT2D eigenvalue weighted by Gasteiger charge is 2.32. The van der Waals surface area contributed by atoms with Gasteiger partial charge in [0.2, 0.25) is 21.8 Å². The minimum absolute atomic E-state index is 0.0109. The van der Waals surface area contributed by atoms with Gasteiger partial charge in [-0.3, -0.25) is 9.59 Å². The predicted octanol–water partition coefficient (Wildman–Crippen LogP) is 2.06. The standard InChI is InChI=1S/C23H35N3O6S/c1-3-4-11-24-23(28)18-7-6-17(2)26(16-18)22(27)10-12-25-33(29,30)19-8-9-20-21(15-19)32-14-5-13-31-20/h8-9,15,17-18,25H,3-7,10-14,16H2,1-2H3,(H,24,28). The van der Waals surface area contributed by atoms with Crippen LogP contribution in [0.4, 0.5) is 0 Å². The van der Waals surface area contributed by atoms with E-state index in [2.05, 4.69) is 17.0 Å². The third-order valence-corrected chi connectivity index (χ3v) is 7.52. The van der Waals surface area contributed by atoms with Gasteiger partial charge in [-0.2, -0.15) is 0 Å². The summed E-state index contributed by atoms with van der Waals surface area (Å²) < 4.78 is 39.0. The van der Waals surface area contributed by atoms with Crippen LogP contribution in [-0.4, -0.2) is 64.0 Å². The second kappa shape index (κ2) is 11.7. The van der Waals surface area contributed by atoms with Gasteiger partial charge in [0, 0.05) is 44.6 Å². The number of amides is 2. The van der Waals surface area contributed by atoms with Crippen LogP contribution in [0.2, 0.25) is 0 Å². The van der Waals surface area contributed by atoms with E-state index < -0.39 is 10.0 Å². The van der Waals surface area contributed by atoms with E-state index in [0.29, 0.717) is 37.8 Å². The number of carbonyl (C=O) groups excluding carboxylic acids is 2. The fourth-order valence-corrected chi connectivity index (χ4v) is 5.08. The molecule has 0 aliphatic carbocycles. The van der Waals surface area contributed by atoms with Crippen LogP contribution in [0.15, 0.2) is 23.1 Å². The highest BCUT2D eigenvalue weighted by molar-refractivity contribution is 7.89. The van der Waals surface area contributed by atoms with Crippen molar-refractivity contribution in [3.8, 4) is 11.5 Å². The Morgan fingerprint density at radius 1 is 1.12 bits per heavy atom. The number of hydrogen-bond donors (Lipinski definition) is 2. The number of benzene rings is 1. The van der Waals surface area contributed by atoms with Crippen LogP contribution in [0.1, 0.15) is 52.4 Å². The summed E-state index contributed by atoms with van der Waals surface area (Å²) >= 11 is 0. The van der Waals surface area contributed by atoms with Gasteiger partial charge in [-0.1, -0.05) is 13.3 Å². The molecule has 2 amide bonds. The zero-order chi connectivity index (χ0) is 23.8. The van der Waals surface area contributed by atoms with Crippen LogP contribution >= 0.6 is 0 Å². The third kappa shape index (κ3) is 6.83. The first-order chi connectivity index (χ1) is 15.8. The maximum absolute atomic E-state index is 12.8. The van der Waals surface area contributed by atoms with Gasteiger partial charge in [0.05, 0.1) is 24.0 Å². The summed E-state index contributed by atoms with van der Waals surface area (Å²) in [6.45, 7) is 6.01. The number of rotatable bonds is 9. The molecule has 2 N–H and O–H groups in total. The zero-order valence-electron chi connectivity index (χ0n) is 19.5. The second-order valence-corrected chi connectivity index (χ2v) is 10.4. The van der Waals surface area contributed by atoms with Crippen LogP contribution in [0, 0.1) is 5.92 Å². The number of sulfonamides is 1. The molecule has 0 saturated carbocycles. The van der Waals surface area contributed by atoms with E-state index in [0.717, 1.165) is 32.1 Å². The number of carbonyl (C=O) groups is 2. The number of hydrogen-bond acceptors (Lipinski definition) is 6. The van der Waals surface area contributed by atoms with Crippen molar-refractivity contribution in [3.63, 3.8) is 0 Å². The van der Waals surface area contributed by atoms with Gasteiger partial charge >= 0.3 is 0 Å². The monoisotopic (exact) mass is 481 g/mol. The first-order valence-electron chi connectivity index (χ1n) is 11.8. The normalized spacial score (nSPS) is 20.7. The molecule has 1 fully saturated rings. The zero-order valence-corrected chi connectivity index (χ0v) is 20.3. The van der Waals surface area contributed by atoms with Crippen molar-refractivity contribution in [1.29, 1.82) is 0 Å². The minimum Gasteiger partial charge on any atom is -0.490 e. The number of likely N-dealkylation sites (tertiary alicyclic amines) is 1. The van der Waals surface area contributed by atoms with Crippen molar-refractivity contribution in [1.82, 2.24) is 14.9 Å². The summed E-state index contributed by atoms with van der Waals surface area (Å²) in [5.74, 6) is 0.532. The number of fused-ring (bicyclic) bond motifs is 1. The lowest BCUT2D eigenvalue weighted by molar-refractivity contribution is -0.138. The molecule has 2 aliphatic heterocycles. The van der Waals surface area contributed by atoms with Crippen molar-refractivity contribution in [3.05, 3.63) is 18.2 Å². The number of unbranched alkanes of at least 4 members (excludes halogenated alkanes) is 1. The average molecular weight is 482 g/mol. The van der Waals surface area contributed by atoms with Crippen LogP contribution in [0.25, 0.3) is 0 Å². The van der Waals surface area contributed by atoms with Crippen LogP contribution in [0.5, 0.6) is 11.5 Å². The molecule has 33 heavy (non-hydrogen) atoms. The molecule has 2 heterocycles. The molecule has 10 heteroatoms. The Morgan fingerprint density at radius 2 is 1.88 bits per heavy atom. The van der Waals surface area contributed by atoms with Gasteiger partial charge in [0.15, 0.2) is 11.5 Å². The molecule has 0 bridgehead atoms. The lowest BCUT2D eigenvalue weighted by atomic mass is 9.92. The van der Waals surface area contributed by atoms with Crippen molar-refractivity contribution < 1.29 is 27.5 Å². The molecule has 0 aromatic heterocycles. The Bertz CT molecular complexity index is 936. The van der Waals surface area contributed by atoms with Crippen LogP contribution < -0.4 is 19.5 Å². The SMILES string of the molecule is CCCCNC(=O)C1CCC(C)N(C(=O)CCNS(=O)(=O)c2ccc3c(c2)OCCCO3)C1. The number of nitrogens with zero attached hydrogens (tertiary/aromatic N) is 1. The molecular formula is C23H35N3O6S. The molecule has 2 unspecified atom stereocenters. The summed E-state index contributed by atoms with van der Waals surface area (Å²) in [6.07, 6.45) is 4.20. The Hall–Kier alpha value is -2.33. The van der Waals surface area contributed by atoms with Crippen molar-refractivity contribution in [2.75, 3.05) is 32.8 Å². The summed E-state index contributed by atoms with van der Waals surface area (Å²) in [7, 11) is -3.80. The van der Waals surface area contributed by atoms with Gasteiger partial charge in [-0.25, -0.2) is 13.1 Å². The number of ether oxygens (including phenoxy) is 2. The fourth-order valence-electron chi connectivity index (χ4n) is 4.03. The summed E-state index contributed by atoms with van der Waals surface area (Å²) in [5, 5.41) is 2.95. The number of piperidine rings is 1. The molecule has 0 spiro atoms. The van der Waals surface area contributed by atoms with E-state index in [4.69, 9.17) is 9.47 Å². The van der Waals surface area contributed by atoms with E-state index in [1.54, 1.807) is 11.0 Å². The highest BCUT2D eigenvalue weighted by Crippen LogP contribution is 2.31. The maximum Gasteiger partial charge on any atom is 0.240 e. The second-order valence-electron chi connectivity index (χ2n) is 8.62. The molecule has 9 nitrogen and oxygen atoms in total. The van der Waals surface area contributed by atoms with Crippen molar-refractivity contribution >= 4 is 21.8 Å². The molecule has 2 atom stereocenters. The van der Waals surface area contributed by atoms with Gasteiger partial charge in [0.25, 0.3) is 0 Å². The van der Waals surface area contributed by atoms with E-state index in [-0.39, 0.29) is 41.6 Å². The quantitative estimate of drug-likeness (QED) is 0.522. The number of nitrogens with one attached hydrogen (secondary N) is 2. The smallest absolute Gasteiger partial charge is 0.240 e. The van der Waals surface area contributed by atoms with Crippen LogP contribution in [-0.2, 0) is 19.6 Å². The summed E-state index contributed by atoms with van der Waals surface area (Å²) in [5.41, 5.74) is 0. The van der Waals surface area contributed by atoms with Gasteiger partial charge in [-0.15, -0.1) is 0 Å². The molecule has 3 rings (SSSR count). The van der Waals surface area contributed by atoms with Gasteiger partial charge in [-0.05, 0) is 38.3 Å². The van der Waals surface area contributed by atoms with Crippen molar-refractivity contribution in [2.45, 2.75) is 63.3 Å². The molecule has 0 radical (unpaired) electrons. The van der Waals surface area contributed by atoms with Crippen molar-refractivity contribution in [2.24, 2.45) is 5.92 Å². The lowest BCUT2D eigenvalue weighted by Crippen LogP contribution is -2.50. The molecule has 1 saturated heterocycles. The molecule has 1 aromatic rings. The fraction of sp³-hybridized carbons (Fsp3) is 0.652.